The van der Waals surface area contributed by atoms with Gasteiger partial charge in [0.2, 0.25) is 10.0 Å². The summed E-state index contributed by atoms with van der Waals surface area (Å²) in [5.74, 6) is 0.399. The monoisotopic (exact) mass is 337 g/mol. The van der Waals surface area contributed by atoms with Gasteiger partial charge in [-0.1, -0.05) is 19.9 Å². The van der Waals surface area contributed by atoms with Gasteiger partial charge in [-0.2, -0.15) is 4.31 Å². The largest absolute Gasteiger partial charge is 0.317 e. The van der Waals surface area contributed by atoms with E-state index in [0.717, 1.165) is 17.3 Å². The molecule has 0 amide bonds. The molecular weight excluding hydrogens is 314 g/mol. The Kier molecular flexibility index (Phi) is 6.06. The van der Waals surface area contributed by atoms with Crippen molar-refractivity contribution in [3.63, 3.8) is 0 Å². The average molecular weight is 337 g/mol. The lowest BCUT2D eigenvalue weighted by Gasteiger charge is -2.23. The summed E-state index contributed by atoms with van der Waals surface area (Å²) in [6.45, 7) is 4.93. The third-order valence-electron chi connectivity index (χ3n) is 3.64. The molecule has 6 nitrogen and oxygen atoms in total. The van der Waals surface area contributed by atoms with Crippen LogP contribution in [0.25, 0.3) is 10.9 Å². The van der Waals surface area contributed by atoms with Crippen molar-refractivity contribution in [2.75, 3.05) is 19.6 Å². The topological polar surface area (TPSA) is 82.5 Å². The third kappa shape index (κ3) is 4.48. The summed E-state index contributed by atoms with van der Waals surface area (Å²) in [5.41, 5.74) is 2.78. The molecule has 0 saturated carbocycles. The van der Waals surface area contributed by atoms with Crippen molar-refractivity contribution in [1.82, 2.24) is 14.8 Å². The minimum atomic E-state index is -3.61. The fourth-order valence-corrected chi connectivity index (χ4v) is 3.78. The molecule has 0 bridgehead atoms. The standard InChI is InChI=1S/C16H23N3O3S/c1-13(2)7-10-19(11-9-18-20)23(21,22)15-5-6-16-14(12-15)4-3-8-17-16/h3-6,8,12-13,18,20H,7,9-11H2,1-2H3. The van der Waals surface area contributed by atoms with Gasteiger partial charge in [0.25, 0.3) is 0 Å². The number of hydroxylamine groups is 1. The van der Waals surface area contributed by atoms with Crippen LogP contribution in [0.4, 0.5) is 0 Å². The Labute approximate surface area is 137 Å². The van der Waals surface area contributed by atoms with Gasteiger partial charge < -0.3 is 5.21 Å². The van der Waals surface area contributed by atoms with Gasteiger partial charge in [-0.25, -0.2) is 13.9 Å². The van der Waals surface area contributed by atoms with Gasteiger partial charge in [-0.15, -0.1) is 0 Å². The fourth-order valence-electron chi connectivity index (χ4n) is 2.29. The Balaban J connectivity index is 2.33. The first-order chi connectivity index (χ1) is 10.9. The Hall–Kier alpha value is -1.54. The van der Waals surface area contributed by atoms with E-state index in [2.05, 4.69) is 18.8 Å². The molecular formula is C16H23N3O3S. The van der Waals surface area contributed by atoms with Crippen LogP contribution < -0.4 is 5.48 Å². The highest BCUT2D eigenvalue weighted by Crippen LogP contribution is 2.21. The lowest BCUT2D eigenvalue weighted by atomic mass is 10.1. The Morgan fingerprint density at radius 3 is 2.74 bits per heavy atom. The van der Waals surface area contributed by atoms with Crippen molar-refractivity contribution in [2.24, 2.45) is 5.92 Å². The van der Waals surface area contributed by atoms with Crippen molar-refractivity contribution in [3.8, 4) is 0 Å². The highest BCUT2D eigenvalue weighted by Gasteiger charge is 2.24. The summed E-state index contributed by atoms with van der Waals surface area (Å²) in [5, 5.41) is 9.58. The molecule has 2 aromatic rings. The average Bonchev–Trinajstić information content (AvgIpc) is 2.54. The molecule has 1 aromatic carbocycles. The number of nitrogens with zero attached hydrogens (tertiary/aromatic N) is 2. The van der Waals surface area contributed by atoms with E-state index < -0.39 is 10.0 Å². The minimum Gasteiger partial charge on any atom is -0.317 e. The third-order valence-corrected chi connectivity index (χ3v) is 5.54. The Morgan fingerprint density at radius 1 is 1.26 bits per heavy atom. The number of aromatic nitrogens is 1. The van der Waals surface area contributed by atoms with Crippen LogP contribution >= 0.6 is 0 Å². The van der Waals surface area contributed by atoms with Crippen LogP contribution in [0.3, 0.4) is 0 Å². The number of pyridine rings is 1. The molecule has 2 rings (SSSR count). The summed E-state index contributed by atoms with van der Waals surface area (Å²) >= 11 is 0. The van der Waals surface area contributed by atoms with Crippen molar-refractivity contribution < 1.29 is 13.6 Å². The zero-order chi connectivity index (χ0) is 16.9. The van der Waals surface area contributed by atoms with E-state index in [1.54, 1.807) is 30.5 Å². The fraction of sp³-hybridized carbons (Fsp3) is 0.438. The molecule has 23 heavy (non-hydrogen) atoms. The molecule has 2 N–H and O–H groups in total. The highest BCUT2D eigenvalue weighted by molar-refractivity contribution is 7.89. The molecule has 0 fully saturated rings. The van der Waals surface area contributed by atoms with Crippen molar-refractivity contribution >= 4 is 20.9 Å². The number of nitrogens with one attached hydrogen (secondary N) is 1. The van der Waals surface area contributed by atoms with Crippen LogP contribution in [0.1, 0.15) is 20.3 Å². The number of hydrogen-bond acceptors (Lipinski definition) is 5. The summed E-state index contributed by atoms with van der Waals surface area (Å²) in [7, 11) is -3.61. The van der Waals surface area contributed by atoms with E-state index in [1.807, 2.05) is 11.5 Å². The number of benzene rings is 1. The second-order valence-corrected chi connectivity index (χ2v) is 7.79. The van der Waals surface area contributed by atoms with Crippen LogP contribution in [0.2, 0.25) is 0 Å². The highest BCUT2D eigenvalue weighted by atomic mass is 32.2. The molecule has 0 aliphatic rings. The van der Waals surface area contributed by atoms with E-state index in [4.69, 9.17) is 5.21 Å². The minimum absolute atomic E-state index is 0.187. The second-order valence-electron chi connectivity index (χ2n) is 5.85. The van der Waals surface area contributed by atoms with E-state index in [-0.39, 0.29) is 18.0 Å². The molecule has 0 atom stereocenters. The second kappa shape index (κ2) is 7.83. The summed E-state index contributed by atoms with van der Waals surface area (Å²) in [4.78, 5) is 4.46. The van der Waals surface area contributed by atoms with Crippen LogP contribution in [0.5, 0.6) is 0 Å². The first kappa shape index (κ1) is 17.8. The van der Waals surface area contributed by atoms with Gasteiger partial charge in [0.1, 0.15) is 0 Å². The van der Waals surface area contributed by atoms with Gasteiger partial charge in [0.15, 0.2) is 0 Å². The molecule has 7 heteroatoms. The lowest BCUT2D eigenvalue weighted by Crippen LogP contribution is -2.37. The Morgan fingerprint density at radius 2 is 2.04 bits per heavy atom. The normalized spacial score (nSPS) is 12.4. The molecule has 0 aliphatic heterocycles. The Bertz CT molecular complexity index is 747. The maximum atomic E-state index is 12.9. The van der Waals surface area contributed by atoms with Crippen molar-refractivity contribution in [2.45, 2.75) is 25.2 Å². The zero-order valence-electron chi connectivity index (χ0n) is 13.4. The van der Waals surface area contributed by atoms with Crippen LogP contribution in [0.15, 0.2) is 41.4 Å². The summed E-state index contributed by atoms with van der Waals surface area (Å²) in [6.07, 6.45) is 2.44. The first-order valence-electron chi connectivity index (χ1n) is 7.67. The van der Waals surface area contributed by atoms with E-state index in [9.17, 15) is 8.42 Å². The quantitative estimate of drug-likeness (QED) is 0.722. The zero-order valence-corrected chi connectivity index (χ0v) is 14.3. The molecule has 0 aliphatic carbocycles. The van der Waals surface area contributed by atoms with E-state index in [1.165, 1.54) is 4.31 Å². The van der Waals surface area contributed by atoms with Crippen LogP contribution in [0, 0.1) is 5.92 Å². The maximum absolute atomic E-state index is 12.9. The van der Waals surface area contributed by atoms with E-state index in [0.29, 0.717) is 12.5 Å². The molecule has 1 aromatic heterocycles. The van der Waals surface area contributed by atoms with Gasteiger partial charge in [-0.3, -0.25) is 4.98 Å². The molecule has 126 valence electrons. The summed E-state index contributed by atoms with van der Waals surface area (Å²) in [6, 6.07) is 8.57. The van der Waals surface area contributed by atoms with Crippen LogP contribution in [-0.4, -0.2) is 42.5 Å². The molecule has 0 unspecified atom stereocenters. The SMILES string of the molecule is CC(C)CCN(CCNO)S(=O)(=O)c1ccc2ncccc2c1. The number of sulfonamides is 1. The number of hydrogen-bond donors (Lipinski definition) is 2. The van der Waals surface area contributed by atoms with E-state index >= 15 is 0 Å². The number of rotatable bonds is 8. The van der Waals surface area contributed by atoms with Crippen LogP contribution in [-0.2, 0) is 10.0 Å². The van der Waals surface area contributed by atoms with Gasteiger partial charge in [0, 0.05) is 31.2 Å². The number of fused-ring (bicyclic) bond motifs is 1. The van der Waals surface area contributed by atoms with Gasteiger partial charge in [0.05, 0.1) is 10.4 Å². The maximum Gasteiger partial charge on any atom is 0.243 e. The predicted molar refractivity (Wildman–Crippen MR) is 89.7 cm³/mol. The lowest BCUT2D eigenvalue weighted by molar-refractivity contribution is 0.159. The predicted octanol–water partition coefficient (Wildman–Crippen LogP) is 2.25. The molecule has 0 radical (unpaired) electrons. The van der Waals surface area contributed by atoms with Gasteiger partial charge >= 0.3 is 0 Å². The molecule has 1 heterocycles. The smallest absolute Gasteiger partial charge is 0.243 e. The molecule has 0 spiro atoms. The van der Waals surface area contributed by atoms with Crippen molar-refractivity contribution in [3.05, 3.63) is 36.5 Å². The molecule has 0 saturated heterocycles. The van der Waals surface area contributed by atoms with Crippen molar-refractivity contribution in [1.29, 1.82) is 0 Å². The summed E-state index contributed by atoms with van der Waals surface area (Å²) < 4.78 is 27.2. The van der Waals surface area contributed by atoms with Gasteiger partial charge in [-0.05, 0) is 36.6 Å². The first-order valence-corrected chi connectivity index (χ1v) is 9.11.